The van der Waals surface area contributed by atoms with Crippen LogP contribution in [0, 0.1) is 5.92 Å². The summed E-state index contributed by atoms with van der Waals surface area (Å²) < 4.78 is 0. The molecule has 0 bridgehead atoms. The highest BCUT2D eigenvalue weighted by molar-refractivity contribution is 7.80. The Morgan fingerprint density at radius 1 is 1.57 bits per heavy atom. The third-order valence-electron chi connectivity index (χ3n) is 2.46. The molecule has 1 amide bonds. The van der Waals surface area contributed by atoms with E-state index < -0.39 is 0 Å². The molecule has 0 aliphatic carbocycles. The van der Waals surface area contributed by atoms with Gasteiger partial charge in [-0.05, 0) is 24.6 Å². The zero-order chi connectivity index (χ0) is 10.7. The van der Waals surface area contributed by atoms with Gasteiger partial charge >= 0.3 is 0 Å². The lowest BCUT2D eigenvalue weighted by molar-refractivity contribution is -0.128. The van der Waals surface area contributed by atoms with Crippen molar-refractivity contribution in [2.75, 3.05) is 6.54 Å². The molecular formula is C10H18N2OS. The van der Waals surface area contributed by atoms with Crippen molar-refractivity contribution in [3.63, 3.8) is 0 Å². The van der Waals surface area contributed by atoms with Crippen LogP contribution in [0.3, 0.4) is 0 Å². The summed E-state index contributed by atoms with van der Waals surface area (Å²) in [5.74, 6) is 0.436. The van der Waals surface area contributed by atoms with E-state index in [1.54, 1.807) is 4.90 Å². The topological polar surface area (TPSA) is 32.3 Å². The van der Waals surface area contributed by atoms with Gasteiger partial charge in [0.25, 0.3) is 5.91 Å². The number of carbonyl (C=O) groups is 1. The lowest BCUT2D eigenvalue weighted by Crippen LogP contribution is -2.34. The predicted octanol–water partition coefficient (Wildman–Crippen LogP) is 1.53. The fourth-order valence-corrected chi connectivity index (χ4v) is 1.83. The molecule has 3 nitrogen and oxygen atoms in total. The van der Waals surface area contributed by atoms with Crippen LogP contribution >= 0.6 is 12.2 Å². The van der Waals surface area contributed by atoms with Crippen molar-refractivity contribution in [1.29, 1.82) is 0 Å². The molecule has 4 heteroatoms. The third kappa shape index (κ3) is 2.23. The first kappa shape index (κ1) is 11.4. The van der Waals surface area contributed by atoms with Crippen LogP contribution in [-0.2, 0) is 4.79 Å². The highest BCUT2D eigenvalue weighted by Gasteiger charge is 2.36. The Balaban J connectivity index is 2.61. The average Bonchev–Trinajstić information content (AvgIpc) is 2.40. The molecular weight excluding hydrogens is 196 g/mol. The Labute approximate surface area is 90.8 Å². The Hall–Kier alpha value is -0.640. The molecule has 1 aliphatic heterocycles. The Bertz CT molecular complexity index is 240. The fourth-order valence-electron chi connectivity index (χ4n) is 1.52. The van der Waals surface area contributed by atoms with Crippen LogP contribution in [0.4, 0.5) is 0 Å². The smallest absolute Gasteiger partial charge is 0.251 e. The van der Waals surface area contributed by atoms with E-state index in [-0.39, 0.29) is 11.9 Å². The Morgan fingerprint density at radius 3 is 2.64 bits per heavy atom. The van der Waals surface area contributed by atoms with Gasteiger partial charge in [-0.25, -0.2) is 0 Å². The van der Waals surface area contributed by atoms with Crippen LogP contribution in [0.15, 0.2) is 0 Å². The normalized spacial score (nSPS) is 22.0. The minimum Gasteiger partial charge on any atom is -0.350 e. The number of hydrogen-bond donors (Lipinski definition) is 1. The van der Waals surface area contributed by atoms with Crippen molar-refractivity contribution >= 4 is 23.2 Å². The summed E-state index contributed by atoms with van der Waals surface area (Å²) in [5, 5.41) is 3.67. The molecule has 1 heterocycles. The Morgan fingerprint density at radius 2 is 2.21 bits per heavy atom. The molecule has 1 saturated heterocycles. The first-order valence-corrected chi connectivity index (χ1v) is 5.60. The minimum atomic E-state index is -0.112. The maximum atomic E-state index is 11.8. The van der Waals surface area contributed by atoms with E-state index in [0.717, 1.165) is 19.4 Å². The summed E-state index contributed by atoms with van der Waals surface area (Å²) in [4.78, 5) is 13.5. The number of nitrogens with one attached hydrogen (secondary N) is 1. The lowest BCUT2D eigenvalue weighted by atomic mass is 10.1. The van der Waals surface area contributed by atoms with Gasteiger partial charge in [-0.2, -0.15) is 0 Å². The van der Waals surface area contributed by atoms with E-state index in [4.69, 9.17) is 12.2 Å². The van der Waals surface area contributed by atoms with E-state index in [2.05, 4.69) is 12.2 Å². The highest BCUT2D eigenvalue weighted by Crippen LogP contribution is 2.14. The third-order valence-corrected chi connectivity index (χ3v) is 2.80. The second kappa shape index (κ2) is 4.73. The molecule has 0 radical (unpaired) electrons. The molecule has 0 aromatic carbocycles. The molecule has 1 atom stereocenters. The summed E-state index contributed by atoms with van der Waals surface area (Å²) in [6.07, 6.45) is 2.09. The fraction of sp³-hybridized carbons (Fsp3) is 0.800. The number of unbranched alkanes of at least 4 members (excludes halogenated alkanes) is 1. The van der Waals surface area contributed by atoms with Gasteiger partial charge in [0.05, 0.1) is 0 Å². The molecule has 1 fully saturated rings. The van der Waals surface area contributed by atoms with Crippen LogP contribution in [0.1, 0.15) is 33.6 Å². The number of rotatable bonds is 4. The predicted molar refractivity (Wildman–Crippen MR) is 61.0 cm³/mol. The number of nitrogens with zero attached hydrogens (tertiary/aromatic N) is 1. The van der Waals surface area contributed by atoms with Crippen molar-refractivity contribution in [2.45, 2.75) is 39.7 Å². The van der Waals surface area contributed by atoms with Crippen LogP contribution in [0.5, 0.6) is 0 Å². The van der Waals surface area contributed by atoms with Gasteiger partial charge in [0.1, 0.15) is 6.04 Å². The summed E-state index contributed by atoms with van der Waals surface area (Å²) >= 11 is 5.12. The van der Waals surface area contributed by atoms with Gasteiger partial charge in [-0.15, -0.1) is 0 Å². The number of hydrogen-bond acceptors (Lipinski definition) is 2. The second-order valence-corrected chi connectivity index (χ2v) is 4.40. The summed E-state index contributed by atoms with van der Waals surface area (Å²) in [5.41, 5.74) is 0. The number of carbonyl (C=O) groups excluding carboxylic acids is 1. The largest absolute Gasteiger partial charge is 0.350 e. The van der Waals surface area contributed by atoms with Crippen LogP contribution in [-0.4, -0.2) is 28.5 Å². The highest BCUT2D eigenvalue weighted by atomic mass is 32.1. The SMILES string of the molecule is CCCCN1C(=O)[C@H](C(C)C)NC1=S. The maximum absolute atomic E-state index is 11.8. The van der Waals surface area contributed by atoms with E-state index in [1.165, 1.54) is 0 Å². The average molecular weight is 214 g/mol. The van der Waals surface area contributed by atoms with Gasteiger partial charge in [-0.3, -0.25) is 9.69 Å². The van der Waals surface area contributed by atoms with Crippen LogP contribution in [0.2, 0.25) is 0 Å². The standard InChI is InChI=1S/C10H18N2OS/c1-4-5-6-12-9(13)8(7(2)3)11-10(12)14/h7-8H,4-6H2,1-3H3,(H,11,14)/t8-/m0/s1. The van der Waals surface area contributed by atoms with Crippen molar-refractivity contribution in [2.24, 2.45) is 5.92 Å². The molecule has 1 N–H and O–H groups in total. The van der Waals surface area contributed by atoms with Crippen LogP contribution in [0.25, 0.3) is 0 Å². The van der Waals surface area contributed by atoms with E-state index in [1.807, 2.05) is 13.8 Å². The molecule has 0 aromatic rings. The summed E-state index contributed by atoms with van der Waals surface area (Å²) in [6, 6.07) is -0.112. The monoisotopic (exact) mass is 214 g/mol. The summed E-state index contributed by atoms with van der Waals surface area (Å²) in [6.45, 7) is 6.92. The quantitative estimate of drug-likeness (QED) is 0.720. The van der Waals surface area contributed by atoms with Gasteiger partial charge in [0, 0.05) is 6.54 Å². The van der Waals surface area contributed by atoms with Gasteiger partial charge in [0.15, 0.2) is 5.11 Å². The van der Waals surface area contributed by atoms with Crippen molar-refractivity contribution in [3.05, 3.63) is 0 Å². The molecule has 1 aliphatic rings. The van der Waals surface area contributed by atoms with Gasteiger partial charge in [-0.1, -0.05) is 27.2 Å². The van der Waals surface area contributed by atoms with E-state index in [9.17, 15) is 4.79 Å². The molecule has 0 unspecified atom stereocenters. The zero-order valence-electron chi connectivity index (χ0n) is 9.04. The van der Waals surface area contributed by atoms with Crippen molar-refractivity contribution < 1.29 is 4.79 Å². The first-order chi connectivity index (χ1) is 6.57. The Kier molecular flexibility index (Phi) is 3.86. The zero-order valence-corrected chi connectivity index (χ0v) is 9.86. The molecule has 0 spiro atoms. The lowest BCUT2D eigenvalue weighted by Gasteiger charge is -2.14. The number of amides is 1. The van der Waals surface area contributed by atoms with E-state index in [0.29, 0.717) is 11.0 Å². The van der Waals surface area contributed by atoms with Gasteiger partial charge in [0.2, 0.25) is 0 Å². The van der Waals surface area contributed by atoms with E-state index >= 15 is 0 Å². The van der Waals surface area contributed by atoms with Gasteiger partial charge < -0.3 is 5.32 Å². The molecule has 0 saturated carbocycles. The first-order valence-electron chi connectivity index (χ1n) is 5.19. The molecule has 1 rings (SSSR count). The second-order valence-electron chi connectivity index (χ2n) is 4.01. The molecule has 14 heavy (non-hydrogen) atoms. The van der Waals surface area contributed by atoms with Crippen molar-refractivity contribution in [3.8, 4) is 0 Å². The molecule has 0 aromatic heterocycles. The minimum absolute atomic E-state index is 0.112. The maximum Gasteiger partial charge on any atom is 0.251 e. The summed E-state index contributed by atoms with van der Waals surface area (Å²) in [7, 11) is 0. The number of thiocarbonyl (C=S) groups is 1. The van der Waals surface area contributed by atoms with Crippen LogP contribution < -0.4 is 5.32 Å². The molecule has 80 valence electrons. The van der Waals surface area contributed by atoms with Crippen molar-refractivity contribution in [1.82, 2.24) is 10.2 Å².